The van der Waals surface area contributed by atoms with Gasteiger partial charge in [-0.2, -0.15) is 0 Å². The minimum atomic E-state index is 0.434. The summed E-state index contributed by atoms with van der Waals surface area (Å²) >= 11 is 1.76. The lowest BCUT2D eigenvalue weighted by Gasteiger charge is -2.17. The molecule has 0 aromatic carbocycles. The number of imidazole rings is 1. The van der Waals surface area contributed by atoms with Crippen LogP contribution in [0, 0.1) is 12.8 Å². The highest BCUT2D eigenvalue weighted by Crippen LogP contribution is 2.29. The van der Waals surface area contributed by atoms with E-state index in [-0.39, 0.29) is 0 Å². The summed E-state index contributed by atoms with van der Waals surface area (Å²) in [6, 6.07) is 2.15. The lowest BCUT2D eigenvalue weighted by atomic mass is 9.95. The lowest BCUT2D eigenvalue weighted by molar-refractivity contribution is 0.461. The molecular formula is C14H21N3S. The van der Waals surface area contributed by atoms with Crippen molar-refractivity contribution in [2.75, 3.05) is 13.6 Å². The molecule has 98 valence electrons. The van der Waals surface area contributed by atoms with Gasteiger partial charge in [-0.1, -0.05) is 13.8 Å². The maximum Gasteiger partial charge on any atom is 0.111 e. The number of aromatic nitrogens is 2. The average Bonchev–Trinajstić information content (AvgIpc) is 2.93. The van der Waals surface area contributed by atoms with Gasteiger partial charge < -0.3 is 10.3 Å². The zero-order valence-corrected chi connectivity index (χ0v) is 12.3. The molecule has 2 aromatic heterocycles. The predicted octanol–water partition coefficient (Wildman–Crippen LogP) is 3.41. The third-order valence-corrected chi connectivity index (χ3v) is 4.33. The van der Waals surface area contributed by atoms with E-state index in [9.17, 15) is 0 Å². The second-order valence-electron chi connectivity index (χ2n) is 5.02. The van der Waals surface area contributed by atoms with Crippen LogP contribution in [0.3, 0.4) is 0 Å². The van der Waals surface area contributed by atoms with Gasteiger partial charge in [0.2, 0.25) is 0 Å². The number of rotatable bonds is 5. The first-order chi connectivity index (χ1) is 8.63. The molecule has 0 fully saturated rings. The van der Waals surface area contributed by atoms with Crippen LogP contribution in [-0.4, -0.2) is 23.6 Å². The van der Waals surface area contributed by atoms with E-state index in [0.29, 0.717) is 11.8 Å². The lowest BCUT2D eigenvalue weighted by Crippen LogP contribution is -2.22. The minimum Gasteiger partial charge on any atom is -0.341 e. The molecule has 2 heterocycles. The van der Waals surface area contributed by atoms with E-state index in [1.807, 2.05) is 13.2 Å². The van der Waals surface area contributed by atoms with Gasteiger partial charge in [-0.25, -0.2) is 4.98 Å². The smallest absolute Gasteiger partial charge is 0.111 e. The zero-order valence-electron chi connectivity index (χ0n) is 11.4. The Morgan fingerprint density at radius 1 is 1.44 bits per heavy atom. The predicted molar refractivity (Wildman–Crippen MR) is 78.1 cm³/mol. The molecule has 2 aromatic rings. The number of nitrogens with zero attached hydrogens (tertiary/aromatic N) is 1. The number of thiophene rings is 1. The van der Waals surface area contributed by atoms with Crippen molar-refractivity contribution >= 4 is 11.3 Å². The molecular weight excluding hydrogens is 242 g/mol. The van der Waals surface area contributed by atoms with E-state index in [0.717, 1.165) is 18.1 Å². The molecule has 2 N–H and O–H groups in total. The molecule has 0 amide bonds. The van der Waals surface area contributed by atoms with Crippen LogP contribution in [0.15, 0.2) is 17.6 Å². The Hall–Kier alpha value is -1.13. The molecule has 0 saturated carbocycles. The maximum absolute atomic E-state index is 4.56. The van der Waals surface area contributed by atoms with Gasteiger partial charge >= 0.3 is 0 Å². The van der Waals surface area contributed by atoms with Crippen molar-refractivity contribution in [2.24, 2.45) is 5.92 Å². The van der Waals surface area contributed by atoms with Crippen LogP contribution < -0.4 is 5.32 Å². The van der Waals surface area contributed by atoms with Gasteiger partial charge in [0, 0.05) is 12.5 Å². The largest absolute Gasteiger partial charge is 0.341 e. The Morgan fingerprint density at radius 2 is 2.22 bits per heavy atom. The van der Waals surface area contributed by atoms with Crippen molar-refractivity contribution in [1.29, 1.82) is 0 Å². The fraction of sp³-hybridized carbons (Fsp3) is 0.500. The molecule has 0 aliphatic carbocycles. The summed E-state index contributed by atoms with van der Waals surface area (Å²) in [5.74, 6) is 2.09. The molecule has 4 heteroatoms. The van der Waals surface area contributed by atoms with Crippen LogP contribution in [0.25, 0.3) is 10.6 Å². The van der Waals surface area contributed by atoms with Crippen molar-refractivity contribution in [3.8, 4) is 10.6 Å². The molecule has 0 radical (unpaired) electrons. The Morgan fingerprint density at radius 3 is 2.78 bits per heavy atom. The number of hydrogen-bond donors (Lipinski definition) is 2. The highest BCUT2D eigenvalue weighted by atomic mass is 32.1. The van der Waals surface area contributed by atoms with E-state index in [1.54, 1.807) is 11.3 Å². The number of nitrogens with one attached hydrogen (secondary N) is 2. The highest BCUT2D eigenvalue weighted by Gasteiger charge is 2.19. The van der Waals surface area contributed by atoms with E-state index in [4.69, 9.17) is 0 Å². The van der Waals surface area contributed by atoms with Gasteiger partial charge in [0.05, 0.1) is 16.8 Å². The van der Waals surface area contributed by atoms with E-state index in [1.165, 1.54) is 10.4 Å². The Bertz CT molecular complexity index is 499. The van der Waals surface area contributed by atoms with Gasteiger partial charge in [0.1, 0.15) is 5.82 Å². The van der Waals surface area contributed by atoms with Gasteiger partial charge in [-0.3, -0.25) is 0 Å². The van der Waals surface area contributed by atoms with Gasteiger partial charge in [0.15, 0.2) is 0 Å². The number of aryl methyl sites for hydroxylation is 1. The third kappa shape index (κ3) is 2.65. The quantitative estimate of drug-likeness (QED) is 0.868. The first kappa shape index (κ1) is 13.3. The molecule has 3 nitrogen and oxygen atoms in total. The molecule has 0 bridgehead atoms. The first-order valence-electron chi connectivity index (χ1n) is 6.37. The van der Waals surface area contributed by atoms with Crippen molar-refractivity contribution in [2.45, 2.75) is 26.7 Å². The topological polar surface area (TPSA) is 40.7 Å². The fourth-order valence-corrected chi connectivity index (χ4v) is 3.05. The van der Waals surface area contributed by atoms with Crippen LogP contribution in [-0.2, 0) is 0 Å². The van der Waals surface area contributed by atoms with Gasteiger partial charge in [-0.05, 0) is 36.9 Å². The minimum absolute atomic E-state index is 0.434. The van der Waals surface area contributed by atoms with E-state index in [2.05, 4.69) is 47.5 Å². The third-order valence-electron chi connectivity index (χ3n) is 3.28. The monoisotopic (exact) mass is 263 g/mol. The molecule has 0 aliphatic heterocycles. The normalized spacial score (nSPS) is 13.2. The number of likely N-dealkylation sites (N-methyl/N-ethyl adjacent to an activating group) is 1. The second kappa shape index (κ2) is 5.67. The van der Waals surface area contributed by atoms with Crippen LogP contribution in [0.4, 0.5) is 0 Å². The standard InChI is InChI=1S/C14H21N3S/c1-9(2)11(7-15-4)14-16-8-12(17-14)13-10(3)5-6-18-13/h5-6,8-9,11,15H,7H2,1-4H3,(H,16,17). The molecule has 1 unspecified atom stereocenters. The van der Waals surface area contributed by atoms with Crippen LogP contribution in [0.5, 0.6) is 0 Å². The van der Waals surface area contributed by atoms with Crippen molar-refractivity contribution in [3.63, 3.8) is 0 Å². The summed E-state index contributed by atoms with van der Waals surface area (Å²) < 4.78 is 0. The van der Waals surface area contributed by atoms with Crippen molar-refractivity contribution in [3.05, 3.63) is 29.0 Å². The van der Waals surface area contributed by atoms with Crippen molar-refractivity contribution in [1.82, 2.24) is 15.3 Å². The first-order valence-corrected chi connectivity index (χ1v) is 7.25. The Labute approximate surface area is 113 Å². The molecule has 1 atom stereocenters. The summed E-state index contributed by atoms with van der Waals surface area (Å²) in [7, 11) is 1.99. The summed E-state index contributed by atoms with van der Waals surface area (Å²) in [6.07, 6.45) is 1.96. The number of aromatic amines is 1. The Balaban J connectivity index is 2.27. The van der Waals surface area contributed by atoms with E-state index < -0.39 is 0 Å². The van der Waals surface area contributed by atoms with Crippen molar-refractivity contribution < 1.29 is 0 Å². The molecule has 2 rings (SSSR count). The molecule has 0 aliphatic rings. The zero-order chi connectivity index (χ0) is 13.1. The number of H-pyrrole nitrogens is 1. The average molecular weight is 263 g/mol. The summed E-state index contributed by atoms with van der Waals surface area (Å²) in [5.41, 5.74) is 2.45. The van der Waals surface area contributed by atoms with Gasteiger partial charge in [-0.15, -0.1) is 11.3 Å². The molecule has 18 heavy (non-hydrogen) atoms. The maximum atomic E-state index is 4.56. The highest BCUT2D eigenvalue weighted by molar-refractivity contribution is 7.13. The second-order valence-corrected chi connectivity index (χ2v) is 5.94. The summed E-state index contributed by atoms with van der Waals surface area (Å²) in [5, 5.41) is 5.37. The Kier molecular flexibility index (Phi) is 4.19. The number of hydrogen-bond acceptors (Lipinski definition) is 3. The summed E-state index contributed by atoms with van der Waals surface area (Å²) in [6.45, 7) is 7.56. The fourth-order valence-electron chi connectivity index (χ4n) is 2.16. The van der Waals surface area contributed by atoms with Crippen LogP contribution >= 0.6 is 11.3 Å². The summed E-state index contributed by atoms with van der Waals surface area (Å²) in [4.78, 5) is 9.34. The molecule has 0 spiro atoms. The van der Waals surface area contributed by atoms with E-state index >= 15 is 0 Å². The van der Waals surface area contributed by atoms with Gasteiger partial charge in [0.25, 0.3) is 0 Å². The SMILES string of the molecule is CNCC(c1ncc(-c2sccc2C)[nH]1)C(C)C. The van der Waals surface area contributed by atoms with Crippen LogP contribution in [0.2, 0.25) is 0 Å². The molecule has 0 saturated heterocycles. The van der Waals surface area contributed by atoms with Crippen LogP contribution in [0.1, 0.15) is 31.2 Å².